The molecule has 0 aliphatic heterocycles. The van der Waals surface area contributed by atoms with E-state index in [0.717, 1.165) is 12.1 Å². The van der Waals surface area contributed by atoms with E-state index in [1.807, 2.05) is 6.07 Å². The van der Waals surface area contributed by atoms with Crippen molar-refractivity contribution in [2.75, 3.05) is 5.32 Å². The molecule has 0 saturated heterocycles. The Morgan fingerprint density at radius 1 is 1.39 bits per heavy atom. The van der Waals surface area contributed by atoms with Crippen molar-refractivity contribution < 1.29 is 0 Å². The Balaban J connectivity index is 2.02. The monoisotopic (exact) mass is 245 g/mol. The molecule has 1 saturated carbocycles. The van der Waals surface area contributed by atoms with Crippen LogP contribution in [0.4, 0.5) is 5.69 Å². The molecule has 1 aromatic carbocycles. The topological polar surface area (TPSA) is 50.4 Å². The predicted octanol–water partition coefficient (Wildman–Crippen LogP) is 3.34. The molecule has 0 aromatic heterocycles. The smallest absolute Gasteiger partial charge is 0.193 e. The number of hydrogen-bond donors (Lipinski definition) is 2. The Morgan fingerprint density at radius 2 is 2.17 bits per heavy atom. The molecule has 1 aromatic rings. The molecule has 2 atom stereocenters. The summed E-state index contributed by atoms with van der Waals surface area (Å²) < 4.78 is 0. The molecule has 18 heavy (non-hydrogen) atoms. The van der Waals surface area contributed by atoms with E-state index in [-0.39, 0.29) is 0 Å². The number of nitrogens with two attached hydrogens (primary N) is 1. The van der Waals surface area contributed by atoms with E-state index in [1.165, 1.54) is 12.0 Å². The maximum atomic E-state index is 5.94. The average Bonchev–Trinajstić information content (AvgIpc) is 2.34. The van der Waals surface area contributed by atoms with Gasteiger partial charge < -0.3 is 11.1 Å². The Hall–Kier alpha value is -1.51. The van der Waals surface area contributed by atoms with Crippen LogP contribution in [0, 0.1) is 5.92 Å². The van der Waals surface area contributed by atoms with Gasteiger partial charge in [0.2, 0.25) is 0 Å². The molecule has 0 spiro atoms. The zero-order valence-electron chi connectivity index (χ0n) is 11.5. The third-order valence-electron chi connectivity index (χ3n) is 3.71. The van der Waals surface area contributed by atoms with E-state index in [0.29, 0.717) is 23.8 Å². The summed E-state index contributed by atoms with van der Waals surface area (Å²) in [6.07, 6.45) is 2.43. The molecule has 1 aliphatic rings. The second kappa shape index (κ2) is 5.42. The lowest BCUT2D eigenvalue weighted by Crippen LogP contribution is -2.32. The minimum atomic E-state index is 0.408. The minimum Gasteiger partial charge on any atom is -0.370 e. The van der Waals surface area contributed by atoms with Gasteiger partial charge in [0, 0.05) is 5.69 Å². The molecular formula is C15H23N3. The molecule has 0 amide bonds. The van der Waals surface area contributed by atoms with E-state index in [1.54, 1.807) is 0 Å². The number of benzene rings is 1. The standard InChI is InChI=1S/C15H23N3/c1-10(2)12-5-4-6-13(9-12)17-15(16)18-14-8-7-11(14)3/h4-6,9-11,14H,7-8H2,1-3H3,(H3,16,17,18). The van der Waals surface area contributed by atoms with Gasteiger partial charge in [-0.05, 0) is 42.4 Å². The van der Waals surface area contributed by atoms with Crippen LogP contribution in [0.25, 0.3) is 0 Å². The van der Waals surface area contributed by atoms with Gasteiger partial charge in [-0.15, -0.1) is 0 Å². The van der Waals surface area contributed by atoms with Crippen molar-refractivity contribution in [3.8, 4) is 0 Å². The van der Waals surface area contributed by atoms with Crippen LogP contribution in [-0.4, -0.2) is 12.0 Å². The number of hydrogen-bond acceptors (Lipinski definition) is 1. The zero-order chi connectivity index (χ0) is 13.1. The molecule has 0 radical (unpaired) electrons. The van der Waals surface area contributed by atoms with Crippen LogP contribution in [0.2, 0.25) is 0 Å². The van der Waals surface area contributed by atoms with Crippen molar-refractivity contribution >= 4 is 11.6 Å². The Labute approximate surface area is 109 Å². The number of nitrogens with zero attached hydrogens (tertiary/aromatic N) is 1. The number of aliphatic imine (C=N–C) groups is 1. The maximum Gasteiger partial charge on any atom is 0.193 e. The van der Waals surface area contributed by atoms with Crippen molar-refractivity contribution in [1.29, 1.82) is 0 Å². The van der Waals surface area contributed by atoms with E-state index in [2.05, 4.69) is 49.3 Å². The summed E-state index contributed by atoms with van der Waals surface area (Å²) in [5.41, 5.74) is 8.28. The molecule has 3 heteroatoms. The van der Waals surface area contributed by atoms with Gasteiger partial charge in [-0.2, -0.15) is 0 Å². The fraction of sp³-hybridized carbons (Fsp3) is 0.533. The SMILES string of the molecule is CC(C)c1cccc(NC(N)=NC2CCC2C)c1. The summed E-state index contributed by atoms with van der Waals surface area (Å²) in [4.78, 5) is 4.52. The van der Waals surface area contributed by atoms with E-state index in [9.17, 15) is 0 Å². The molecule has 1 fully saturated rings. The Kier molecular flexibility index (Phi) is 3.90. The van der Waals surface area contributed by atoms with Crippen LogP contribution in [-0.2, 0) is 0 Å². The van der Waals surface area contributed by atoms with Gasteiger partial charge in [0.05, 0.1) is 6.04 Å². The van der Waals surface area contributed by atoms with Crippen LogP contribution in [0.1, 0.15) is 45.1 Å². The molecule has 2 rings (SSSR count). The van der Waals surface area contributed by atoms with Crippen LogP contribution >= 0.6 is 0 Å². The van der Waals surface area contributed by atoms with E-state index in [4.69, 9.17) is 5.73 Å². The minimum absolute atomic E-state index is 0.408. The summed E-state index contributed by atoms with van der Waals surface area (Å²) in [7, 11) is 0. The van der Waals surface area contributed by atoms with Crippen molar-refractivity contribution in [1.82, 2.24) is 0 Å². The lowest BCUT2D eigenvalue weighted by atomic mass is 9.82. The molecular weight excluding hydrogens is 222 g/mol. The average molecular weight is 245 g/mol. The summed E-state index contributed by atoms with van der Waals surface area (Å²) >= 11 is 0. The predicted molar refractivity (Wildman–Crippen MR) is 78.0 cm³/mol. The maximum absolute atomic E-state index is 5.94. The van der Waals surface area contributed by atoms with Gasteiger partial charge in [0.1, 0.15) is 0 Å². The summed E-state index contributed by atoms with van der Waals surface area (Å²) in [6, 6.07) is 8.76. The largest absolute Gasteiger partial charge is 0.370 e. The fourth-order valence-corrected chi connectivity index (χ4v) is 2.18. The molecule has 0 bridgehead atoms. The number of nitrogens with one attached hydrogen (secondary N) is 1. The first kappa shape index (κ1) is 12.9. The Morgan fingerprint density at radius 3 is 2.72 bits per heavy atom. The molecule has 0 heterocycles. The number of rotatable bonds is 3. The zero-order valence-corrected chi connectivity index (χ0v) is 11.5. The summed E-state index contributed by atoms with van der Waals surface area (Å²) in [6.45, 7) is 6.60. The number of anilines is 1. The molecule has 3 N–H and O–H groups in total. The highest BCUT2D eigenvalue weighted by atomic mass is 15.1. The van der Waals surface area contributed by atoms with Crippen molar-refractivity contribution in [2.45, 2.75) is 45.6 Å². The first-order valence-electron chi connectivity index (χ1n) is 6.76. The second-order valence-electron chi connectivity index (χ2n) is 5.54. The van der Waals surface area contributed by atoms with Crippen LogP contribution < -0.4 is 11.1 Å². The van der Waals surface area contributed by atoms with Gasteiger partial charge in [-0.1, -0.05) is 32.9 Å². The van der Waals surface area contributed by atoms with Crippen molar-refractivity contribution in [3.05, 3.63) is 29.8 Å². The van der Waals surface area contributed by atoms with Crippen LogP contribution in [0.15, 0.2) is 29.3 Å². The lowest BCUT2D eigenvalue weighted by Gasteiger charge is -2.30. The van der Waals surface area contributed by atoms with Gasteiger partial charge in [-0.3, -0.25) is 0 Å². The highest BCUT2D eigenvalue weighted by molar-refractivity contribution is 5.92. The van der Waals surface area contributed by atoms with Crippen molar-refractivity contribution in [3.63, 3.8) is 0 Å². The van der Waals surface area contributed by atoms with Crippen molar-refractivity contribution in [2.24, 2.45) is 16.6 Å². The first-order chi connectivity index (χ1) is 8.56. The molecule has 98 valence electrons. The van der Waals surface area contributed by atoms with Gasteiger partial charge in [0.25, 0.3) is 0 Å². The molecule has 2 unspecified atom stereocenters. The Bertz CT molecular complexity index is 437. The van der Waals surface area contributed by atoms with E-state index >= 15 is 0 Å². The lowest BCUT2D eigenvalue weighted by molar-refractivity contribution is 0.284. The molecule has 1 aliphatic carbocycles. The van der Waals surface area contributed by atoms with Gasteiger partial charge in [-0.25, -0.2) is 4.99 Å². The quantitative estimate of drug-likeness (QED) is 0.634. The molecule has 3 nitrogen and oxygen atoms in total. The van der Waals surface area contributed by atoms with Gasteiger partial charge in [0.15, 0.2) is 5.96 Å². The van der Waals surface area contributed by atoms with Crippen LogP contribution in [0.5, 0.6) is 0 Å². The third kappa shape index (κ3) is 3.03. The van der Waals surface area contributed by atoms with E-state index < -0.39 is 0 Å². The second-order valence-corrected chi connectivity index (χ2v) is 5.54. The highest BCUT2D eigenvalue weighted by Gasteiger charge is 2.26. The normalized spacial score (nSPS) is 23.9. The highest BCUT2D eigenvalue weighted by Crippen LogP contribution is 2.29. The van der Waals surface area contributed by atoms with Gasteiger partial charge >= 0.3 is 0 Å². The fourth-order valence-electron chi connectivity index (χ4n) is 2.18. The first-order valence-corrected chi connectivity index (χ1v) is 6.76. The third-order valence-corrected chi connectivity index (χ3v) is 3.71. The summed E-state index contributed by atoms with van der Waals surface area (Å²) in [5.74, 6) is 1.73. The number of guanidine groups is 1. The summed E-state index contributed by atoms with van der Waals surface area (Å²) in [5, 5.41) is 3.18. The van der Waals surface area contributed by atoms with Crippen LogP contribution in [0.3, 0.4) is 0 Å².